The van der Waals surface area contributed by atoms with Gasteiger partial charge in [0, 0.05) is 30.2 Å². The Morgan fingerprint density at radius 2 is 2.09 bits per heavy atom. The molecule has 1 aliphatic rings. The van der Waals surface area contributed by atoms with Crippen molar-refractivity contribution in [1.29, 1.82) is 0 Å². The molecule has 1 saturated heterocycles. The molecule has 1 N–H and O–H groups in total. The summed E-state index contributed by atoms with van der Waals surface area (Å²) in [4.78, 5) is 29.4. The second-order valence-electron chi connectivity index (χ2n) is 7.14. The first-order valence-corrected chi connectivity index (χ1v) is 10.5. The Bertz CT molecular complexity index is 1150. The minimum atomic E-state index is -0.428. The van der Waals surface area contributed by atoms with Gasteiger partial charge in [-0.05, 0) is 49.5 Å². The molecule has 1 fully saturated rings. The average Bonchev–Trinajstić information content (AvgIpc) is 3.39. The summed E-state index contributed by atoms with van der Waals surface area (Å²) in [6.45, 7) is 1.99. The summed E-state index contributed by atoms with van der Waals surface area (Å²) < 4.78 is 7.01. The predicted octanol–water partition coefficient (Wildman–Crippen LogP) is 3.32. The third kappa shape index (κ3) is 4.17. The molecule has 0 radical (unpaired) electrons. The lowest BCUT2D eigenvalue weighted by molar-refractivity contribution is -0.384. The molecular weight excluding hydrogens is 430 g/mol. The minimum absolute atomic E-state index is 0.00752. The maximum atomic E-state index is 12.3. The zero-order valence-corrected chi connectivity index (χ0v) is 18.1. The highest BCUT2D eigenvalue weighted by Gasteiger charge is 2.42. The van der Waals surface area contributed by atoms with Crippen LogP contribution in [0.2, 0.25) is 0 Å². The van der Waals surface area contributed by atoms with Crippen LogP contribution in [0.3, 0.4) is 0 Å². The molecule has 9 nitrogen and oxygen atoms in total. The summed E-state index contributed by atoms with van der Waals surface area (Å²) in [6, 6.07) is 15.0. The lowest BCUT2D eigenvalue weighted by atomic mass is 10.0. The van der Waals surface area contributed by atoms with Gasteiger partial charge in [0.25, 0.3) is 5.69 Å². The van der Waals surface area contributed by atoms with Gasteiger partial charge in [-0.1, -0.05) is 12.1 Å². The maximum absolute atomic E-state index is 12.3. The van der Waals surface area contributed by atoms with Gasteiger partial charge in [0.1, 0.15) is 6.54 Å². The number of hydrogen-bond donors (Lipinski definition) is 1. The number of benzene rings is 1. The van der Waals surface area contributed by atoms with E-state index in [-0.39, 0.29) is 24.9 Å². The number of non-ortho nitro benzene ring substituents is 1. The van der Waals surface area contributed by atoms with Gasteiger partial charge in [0.05, 0.1) is 35.0 Å². The van der Waals surface area contributed by atoms with Crippen LogP contribution in [0.4, 0.5) is 5.69 Å². The van der Waals surface area contributed by atoms with Crippen molar-refractivity contribution in [2.75, 3.05) is 13.2 Å². The van der Waals surface area contributed by atoms with Crippen molar-refractivity contribution in [3.05, 3.63) is 88.5 Å². The molecule has 0 unspecified atom stereocenters. The normalized spacial score (nSPS) is 17.8. The van der Waals surface area contributed by atoms with Crippen LogP contribution in [-0.2, 0) is 9.53 Å². The molecular formula is C22H21N5O4S. The molecule has 0 bridgehead atoms. The number of esters is 1. The van der Waals surface area contributed by atoms with Gasteiger partial charge in [-0.15, -0.1) is 0 Å². The van der Waals surface area contributed by atoms with E-state index >= 15 is 0 Å². The van der Waals surface area contributed by atoms with E-state index in [2.05, 4.69) is 10.3 Å². The molecule has 0 amide bonds. The number of carbonyl (C=O) groups excluding carboxylic acids is 1. The van der Waals surface area contributed by atoms with E-state index in [1.54, 1.807) is 30.2 Å². The third-order valence-corrected chi connectivity index (χ3v) is 5.56. The van der Waals surface area contributed by atoms with Gasteiger partial charge in [-0.3, -0.25) is 19.9 Å². The summed E-state index contributed by atoms with van der Waals surface area (Å²) in [5.41, 5.74) is 2.19. The van der Waals surface area contributed by atoms with Crippen molar-refractivity contribution in [2.24, 2.45) is 0 Å². The quantitative estimate of drug-likeness (QED) is 0.253. The van der Waals surface area contributed by atoms with Gasteiger partial charge >= 0.3 is 5.97 Å². The van der Waals surface area contributed by atoms with Crippen LogP contribution >= 0.6 is 12.2 Å². The molecule has 0 saturated carbocycles. The van der Waals surface area contributed by atoms with Crippen LogP contribution in [-0.4, -0.2) is 43.6 Å². The van der Waals surface area contributed by atoms with E-state index < -0.39 is 16.9 Å². The molecule has 3 aromatic rings. The molecule has 0 spiro atoms. The zero-order chi connectivity index (χ0) is 22.7. The summed E-state index contributed by atoms with van der Waals surface area (Å²) in [6.07, 6.45) is 3.53. The van der Waals surface area contributed by atoms with Crippen molar-refractivity contribution in [3.8, 4) is 5.69 Å². The average molecular weight is 452 g/mol. The van der Waals surface area contributed by atoms with Gasteiger partial charge < -0.3 is 19.5 Å². The Kier molecular flexibility index (Phi) is 6.13. The van der Waals surface area contributed by atoms with Crippen molar-refractivity contribution < 1.29 is 14.5 Å². The fourth-order valence-electron chi connectivity index (χ4n) is 3.87. The summed E-state index contributed by atoms with van der Waals surface area (Å²) in [5.74, 6) is -0.392. The molecule has 164 valence electrons. The van der Waals surface area contributed by atoms with Crippen LogP contribution in [0, 0.1) is 10.1 Å². The minimum Gasteiger partial charge on any atom is -0.465 e. The second kappa shape index (κ2) is 9.15. The van der Waals surface area contributed by atoms with Crippen LogP contribution in [0.1, 0.15) is 30.4 Å². The first-order valence-electron chi connectivity index (χ1n) is 10.1. The largest absolute Gasteiger partial charge is 0.465 e. The van der Waals surface area contributed by atoms with Gasteiger partial charge in [-0.2, -0.15) is 0 Å². The number of nitrogens with one attached hydrogen (secondary N) is 1. The molecule has 1 aromatic carbocycles. The maximum Gasteiger partial charge on any atom is 0.325 e. The summed E-state index contributed by atoms with van der Waals surface area (Å²) >= 11 is 5.57. The Morgan fingerprint density at radius 1 is 1.25 bits per heavy atom. The molecule has 3 heterocycles. The number of rotatable bonds is 7. The number of nitro groups is 1. The third-order valence-electron chi connectivity index (χ3n) is 5.20. The number of carbonyl (C=O) groups is 1. The van der Waals surface area contributed by atoms with E-state index in [0.29, 0.717) is 10.8 Å². The van der Waals surface area contributed by atoms with Crippen molar-refractivity contribution in [2.45, 2.75) is 19.0 Å². The van der Waals surface area contributed by atoms with E-state index in [4.69, 9.17) is 17.0 Å². The van der Waals surface area contributed by atoms with Crippen LogP contribution in [0.5, 0.6) is 0 Å². The van der Waals surface area contributed by atoms with Crippen molar-refractivity contribution >= 4 is 29.0 Å². The Labute approximate surface area is 189 Å². The molecule has 32 heavy (non-hydrogen) atoms. The van der Waals surface area contributed by atoms with Gasteiger partial charge in [0.15, 0.2) is 5.11 Å². The standard InChI is InChI=1S/C22H21N5O4S/c1-2-31-19(28)14-26-21(20(24-22(26)32)17-9-3-4-11-23-17)18-10-6-12-25(18)15-7-5-8-16(13-15)27(29)30/h3-13,20-21H,2,14H2,1H3,(H,24,32)/t20-,21+/m1/s1. The first-order chi connectivity index (χ1) is 15.5. The fraction of sp³-hybridized carbons (Fsp3) is 0.227. The molecule has 4 rings (SSSR count). The van der Waals surface area contributed by atoms with Gasteiger partial charge in [-0.25, -0.2) is 0 Å². The second-order valence-corrected chi connectivity index (χ2v) is 7.53. The van der Waals surface area contributed by atoms with E-state index in [1.807, 2.05) is 41.1 Å². The summed E-state index contributed by atoms with van der Waals surface area (Å²) in [5, 5.41) is 15.0. The topological polar surface area (TPSA) is 103 Å². The molecule has 0 aliphatic carbocycles. The van der Waals surface area contributed by atoms with Gasteiger partial charge in [0.2, 0.25) is 0 Å². The Balaban J connectivity index is 1.79. The molecule has 10 heteroatoms. The number of thiocarbonyl (C=S) groups is 1. The van der Waals surface area contributed by atoms with Crippen molar-refractivity contribution in [1.82, 2.24) is 19.8 Å². The number of pyridine rings is 1. The van der Waals surface area contributed by atoms with Crippen molar-refractivity contribution in [3.63, 3.8) is 0 Å². The highest BCUT2D eigenvalue weighted by molar-refractivity contribution is 7.80. The van der Waals surface area contributed by atoms with Crippen LogP contribution < -0.4 is 5.32 Å². The predicted molar refractivity (Wildman–Crippen MR) is 121 cm³/mol. The molecule has 2 atom stereocenters. The first kappa shape index (κ1) is 21.4. The smallest absolute Gasteiger partial charge is 0.325 e. The monoisotopic (exact) mass is 451 g/mol. The highest BCUT2D eigenvalue weighted by Crippen LogP contribution is 2.39. The fourth-order valence-corrected chi connectivity index (χ4v) is 4.17. The SMILES string of the molecule is CCOC(=O)CN1C(=S)N[C@H](c2ccccn2)[C@@H]1c1cccn1-c1cccc([N+](=O)[O-])c1. The highest BCUT2D eigenvalue weighted by atomic mass is 32.1. The van der Waals surface area contributed by atoms with Crippen LogP contribution in [0.25, 0.3) is 5.69 Å². The number of ether oxygens (including phenoxy) is 1. The van der Waals surface area contributed by atoms with E-state index in [0.717, 1.165) is 11.4 Å². The Hall–Kier alpha value is -3.79. The number of aromatic nitrogens is 2. The zero-order valence-electron chi connectivity index (χ0n) is 17.2. The van der Waals surface area contributed by atoms with Crippen LogP contribution in [0.15, 0.2) is 67.0 Å². The lowest BCUT2D eigenvalue weighted by Crippen LogP contribution is -2.36. The number of nitrogens with zero attached hydrogens (tertiary/aromatic N) is 4. The number of nitro benzene ring substituents is 1. The van der Waals surface area contributed by atoms with E-state index in [9.17, 15) is 14.9 Å². The molecule has 1 aliphatic heterocycles. The molecule has 2 aromatic heterocycles. The lowest BCUT2D eigenvalue weighted by Gasteiger charge is -2.28. The van der Waals surface area contributed by atoms with E-state index in [1.165, 1.54) is 12.1 Å². The summed E-state index contributed by atoms with van der Waals surface area (Å²) in [7, 11) is 0. The number of hydrogen-bond acceptors (Lipinski definition) is 6. The Morgan fingerprint density at radius 3 is 2.81 bits per heavy atom.